The van der Waals surface area contributed by atoms with Crippen molar-refractivity contribution in [3.8, 4) is 24.2 Å². The number of hydrogen-bond donors (Lipinski definition) is 0. The van der Waals surface area contributed by atoms with E-state index in [0.717, 1.165) is 0 Å². The highest BCUT2D eigenvalue weighted by molar-refractivity contribution is 5.34. The second-order valence-corrected chi connectivity index (χ2v) is 4.69. The predicted molar refractivity (Wildman–Crippen MR) is 74.8 cm³/mol. The molecule has 0 saturated carbocycles. The van der Waals surface area contributed by atoms with Crippen molar-refractivity contribution in [3.05, 3.63) is 0 Å². The summed E-state index contributed by atoms with van der Waals surface area (Å²) >= 11 is 0. The van der Waals surface area contributed by atoms with Gasteiger partial charge in [0, 0.05) is 12.1 Å². The van der Waals surface area contributed by atoms with Crippen molar-refractivity contribution in [1.82, 2.24) is 15.0 Å². The van der Waals surface area contributed by atoms with Gasteiger partial charge in [-0.25, -0.2) is 0 Å². The van der Waals surface area contributed by atoms with Gasteiger partial charge in [0.05, 0.1) is 0 Å². The molecule has 21 heavy (non-hydrogen) atoms. The summed E-state index contributed by atoms with van der Waals surface area (Å²) in [5.41, 5.74) is 0. The van der Waals surface area contributed by atoms with E-state index in [9.17, 15) is 0 Å². The lowest BCUT2D eigenvalue weighted by molar-refractivity contribution is 0.301. The summed E-state index contributed by atoms with van der Waals surface area (Å²) < 4.78 is 10.2. The highest BCUT2D eigenvalue weighted by Crippen LogP contribution is 2.20. The van der Waals surface area contributed by atoms with Crippen molar-refractivity contribution in [2.75, 3.05) is 18.1 Å². The van der Waals surface area contributed by atoms with Crippen molar-refractivity contribution in [1.29, 1.82) is 10.5 Å². The monoisotopic (exact) mass is 290 g/mol. The van der Waals surface area contributed by atoms with Crippen LogP contribution in [0.4, 0.5) is 5.95 Å². The first-order valence-corrected chi connectivity index (χ1v) is 6.53. The molecule has 0 spiro atoms. The Kier molecular flexibility index (Phi) is 6.15. The molecule has 0 atom stereocenters. The summed E-state index contributed by atoms with van der Waals surface area (Å²) in [5.74, 6) is 0.385. The van der Waals surface area contributed by atoms with E-state index in [0.29, 0.717) is 5.95 Å². The molecule has 0 fully saturated rings. The third-order valence-electron chi connectivity index (χ3n) is 2.46. The van der Waals surface area contributed by atoms with E-state index in [-0.39, 0.29) is 37.3 Å². The molecule has 1 heterocycles. The van der Waals surface area contributed by atoms with Gasteiger partial charge < -0.3 is 14.4 Å². The number of rotatable bonds is 7. The minimum absolute atomic E-state index is 0.000731. The van der Waals surface area contributed by atoms with Crippen LogP contribution in [0.3, 0.4) is 0 Å². The highest BCUT2D eigenvalue weighted by Gasteiger charge is 2.20. The van der Waals surface area contributed by atoms with Crippen molar-refractivity contribution in [2.45, 2.75) is 39.8 Å². The van der Waals surface area contributed by atoms with E-state index < -0.39 is 0 Å². The average Bonchev–Trinajstić information content (AvgIpc) is 2.42. The third kappa shape index (κ3) is 4.77. The lowest BCUT2D eigenvalue weighted by atomic mass is 10.2. The highest BCUT2D eigenvalue weighted by atomic mass is 16.5. The summed E-state index contributed by atoms with van der Waals surface area (Å²) in [6, 6.07) is 3.99. The molecule has 8 heteroatoms. The first-order valence-electron chi connectivity index (χ1n) is 6.53. The second-order valence-electron chi connectivity index (χ2n) is 4.69. The lowest BCUT2D eigenvalue weighted by Gasteiger charge is -2.30. The van der Waals surface area contributed by atoms with Crippen LogP contribution in [0, 0.1) is 22.7 Å². The average molecular weight is 290 g/mol. The molecule has 0 amide bonds. The fourth-order valence-electron chi connectivity index (χ4n) is 1.82. The maximum absolute atomic E-state index is 8.56. The van der Waals surface area contributed by atoms with Crippen LogP contribution in [0.25, 0.3) is 0 Å². The molecule has 112 valence electrons. The largest absolute Gasteiger partial charge is 0.448 e. The normalized spacial score (nSPS) is 10.1. The number of nitrogens with zero attached hydrogens (tertiary/aromatic N) is 6. The van der Waals surface area contributed by atoms with E-state index in [1.807, 2.05) is 44.7 Å². The van der Waals surface area contributed by atoms with Crippen LogP contribution in [-0.2, 0) is 0 Å². The van der Waals surface area contributed by atoms with E-state index in [1.165, 1.54) is 0 Å². The van der Waals surface area contributed by atoms with Crippen LogP contribution in [0.5, 0.6) is 12.0 Å². The molecule has 0 radical (unpaired) electrons. The standard InChI is InChI=1S/C13H18N6O2/c1-9(2)19(10(3)4)11-16-12(20-7-5-14)18-13(17-11)21-8-6-15/h9-10H,7-8H2,1-4H3. The fourth-order valence-corrected chi connectivity index (χ4v) is 1.82. The van der Waals surface area contributed by atoms with E-state index in [2.05, 4.69) is 15.0 Å². The minimum atomic E-state index is -0.176. The molecule has 0 aliphatic rings. The first kappa shape index (κ1) is 16.4. The Morgan fingerprint density at radius 2 is 1.33 bits per heavy atom. The molecule has 0 N–H and O–H groups in total. The first-order chi connectivity index (χ1) is 9.99. The molecule has 0 aromatic carbocycles. The van der Waals surface area contributed by atoms with Gasteiger partial charge in [0.15, 0.2) is 13.2 Å². The van der Waals surface area contributed by atoms with Gasteiger partial charge in [-0.1, -0.05) is 0 Å². The van der Waals surface area contributed by atoms with Crippen molar-refractivity contribution >= 4 is 5.95 Å². The quantitative estimate of drug-likeness (QED) is 0.739. The Bertz CT molecular complexity index is 502. The number of anilines is 1. The van der Waals surface area contributed by atoms with Crippen LogP contribution in [0.15, 0.2) is 0 Å². The zero-order valence-electron chi connectivity index (χ0n) is 12.6. The molecule has 0 saturated heterocycles. The SMILES string of the molecule is CC(C)N(c1nc(OCC#N)nc(OCC#N)n1)C(C)C. The Morgan fingerprint density at radius 3 is 1.67 bits per heavy atom. The summed E-state index contributed by atoms with van der Waals surface area (Å²) in [6.45, 7) is 7.69. The Morgan fingerprint density at radius 1 is 0.905 bits per heavy atom. The molecule has 1 rings (SSSR count). The van der Waals surface area contributed by atoms with E-state index in [1.54, 1.807) is 0 Å². The van der Waals surface area contributed by atoms with Gasteiger partial charge in [0.2, 0.25) is 5.95 Å². The van der Waals surface area contributed by atoms with Crippen LogP contribution in [0.2, 0.25) is 0 Å². The molecule has 1 aromatic rings. The van der Waals surface area contributed by atoms with Crippen molar-refractivity contribution < 1.29 is 9.47 Å². The molecule has 0 aliphatic carbocycles. The van der Waals surface area contributed by atoms with Gasteiger partial charge in [-0.15, -0.1) is 4.98 Å². The Hall–Kier alpha value is -2.61. The summed E-state index contributed by atoms with van der Waals surface area (Å²) in [7, 11) is 0. The lowest BCUT2D eigenvalue weighted by Crippen LogP contribution is -2.38. The molecule has 0 unspecified atom stereocenters. The molecule has 0 aliphatic heterocycles. The van der Waals surface area contributed by atoms with E-state index >= 15 is 0 Å². The van der Waals surface area contributed by atoms with Crippen LogP contribution >= 0.6 is 0 Å². The molecule has 8 nitrogen and oxygen atoms in total. The zero-order valence-corrected chi connectivity index (χ0v) is 12.6. The van der Waals surface area contributed by atoms with Crippen molar-refractivity contribution in [3.63, 3.8) is 0 Å². The maximum Gasteiger partial charge on any atom is 0.325 e. The predicted octanol–water partition coefficient (Wildman–Crippen LogP) is 1.30. The van der Waals surface area contributed by atoms with Crippen LogP contribution in [0.1, 0.15) is 27.7 Å². The maximum atomic E-state index is 8.56. The van der Waals surface area contributed by atoms with Gasteiger partial charge in [-0.05, 0) is 27.7 Å². The number of hydrogen-bond acceptors (Lipinski definition) is 8. The summed E-state index contributed by atoms with van der Waals surface area (Å²) in [4.78, 5) is 14.3. The topological polar surface area (TPSA) is 108 Å². The van der Waals surface area contributed by atoms with Gasteiger partial charge in [-0.3, -0.25) is 0 Å². The summed E-state index contributed by atoms with van der Waals surface area (Å²) in [5, 5.41) is 17.1. The summed E-state index contributed by atoms with van der Waals surface area (Å²) in [6.07, 6.45) is 0. The van der Waals surface area contributed by atoms with Crippen LogP contribution in [-0.4, -0.2) is 40.2 Å². The number of nitriles is 2. The smallest absolute Gasteiger partial charge is 0.325 e. The fraction of sp³-hybridized carbons (Fsp3) is 0.615. The third-order valence-corrected chi connectivity index (χ3v) is 2.46. The molecular weight excluding hydrogens is 272 g/mol. The van der Waals surface area contributed by atoms with Gasteiger partial charge >= 0.3 is 12.0 Å². The minimum Gasteiger partial charge on any atom is -0.448 e. The Balaban J connectivity index is 3.16. The molecule has 0 bridgehead atoms. The molecular formula is C13H18N6O2. The van der Waals surface area contributed by atoms with Gasteiger partial charge in [0.1, 0.15) is 12.1 Å². The Labute approximate surface area is 124 Å². The second kappa shape index (κ2) is 7.85. The number of aromatic nitrogens is 3. The van der Waals surface area contributed by atoms with Crippen molar-refractivity contribution in [2.24, 2.45) is 0 Å². The molecule has 1 aromatic heterocycles. The number of ether oxygens (including phenoxy) is 2. The zero-order chi connectivity index (χ0) is 15.8. The van der Waals surface area contributed by atoms with Gasteiger partial charge in [0.25, 0.3) is 0 Å². The van der Waals surface area contributed by atoms with Gasteiger partial charge in [-0.2, -0.15) is 20.5 Å². The van der Waals surface area contributed by atoms with E-state index in [4.69, 9.17) is 20.0 Å². The van der Waals surface area contributed by atoms with Crippen LogP contribution < -0.4 is 14.4 Å².